The first-order chi connectivity index (χ1) is 19.5. The number of thioether (sulfide) groups is 1. The number of benzene rings is 3. The molecule has 0 spiro atoms. The van der Waals surface area contributed by atoms with E-state index in [-0.39, 0.29) is 29.5 Å². The van der Waals surface area contributed by atoms with E-state index in [1.165, 1.54) is 12.1 Å². The average Bonchev–Trinajstić information content (AvgIpc) is 3.64. The lowest BCUT2D eigenvalue weighted by molar-refractivity contribution is -0.141. The van der Waals surface area contributed by atoms with Crippen molar-refractivity contribution in [3.8, 4) is 5.75 Å². The summed E-state index contributed by atoms with van der Waals surface area (Å²) >= 11 is 1.57. The normalized spacial score (nSPS) is 17.8. The van der Waals surface area contributed by atoms with Crippen LogP contribution in [0, 0.1) is 5.92 Å². The predicted octanol–water partition coefficient (Wildman–Crippen LogP) is 6.11. The molecule has 3 aromatic rings. The van der Waals surface area contributed by atoms with Crippen LogP contribution in [0.1, 0.15) is 52.1 Å². The van der Waals surface area contributed by atoms with Gasteiger partial charge in [0.15, 0.2) is 0 Å². The molecule has 0 aromatic heterocycles. The highest BCUT2D eigenvalue weighted by atomic mass is 32.2. The second-order valence-electron chi connectivity index (χ2n) is 11.6. The maximum atomic E-state index is 14.3. The van der Waals surface area contributed by atoms with E-state index >= 15 is 0 Å². The lowest BCUT2D eigenvalue weighted by Crippen LogP contribution is -2.53. The van der Waals surface area contributed by atoms with E-state index in [0.717, 1.165) is 17.2 Å². The van der Waals surface area contributed by atoms with Crippen LogP contribution in [0.25, 0.3) is 10.8 Å². The Morgan fingerprint density at radius 3 is 2.32 bits per heavy atom. The SMILES string of the molecule is CSCCC(NC(=O)OC(C)(C)C)C(=O)N(C(C(=O)Nc1ccc2ccccc2c1)c1ccc(O)cc1)C1CC1C. The van der Waals surface area contributed by atoms with Gasteiger partial charge in [-0.05, 0) is 92.1 Å². The molecule has 0 radical (unpaired) electrons. The molecule has 0 saturated heterocycles. The molecule has 41 heavy (non-hydrogen) atoms. The van der Waals surface area contributed by atoms with Gasteiger partial charge in [-0.2, -0.15) is 11.8 Å². The second kappa shape index (κ2) is 12.9. The topological polar surface area (TPSA) is 108 Å². The number of phenolic OH excluding ortho intramolecular Hbond substituents is 1. The van der Waals surface area contributed by atoms with Gasteiger partial charge in [0, 0.05) is 11.7 Å². The van der Waals surface area contributed by atoms with E-state index in [9.17, 15) is 19.5 Å². The molecule has 0 heterocycles. The highest BCUT2D eigenvalue weighted by molar-refractivity contribution is 7.98. The Balaban J connectivity index is 1.70. The van der Waals surface area contributed by atoms with Gasteiger partial charge in [-0.1, -0.05) is 49.4 Å². The second-order valence-corrected chi connectivity index (χ2v) is 12.5. The van der Waals surface area contributed by atoms with Crippen molar-refractivity contribution in [3.63, 3.8) is 0 Å². The number of nitrogens with one attached hydrogen (secondary N) is 2. The number of ether oxygens (including phenoxy) is 1. The molecule has 3 N–H and O–H groups in total. The van der Waals surface area contributed by atoms with Crippen molar-refractivity contribution in [2.24, 2.45) is 5.92 Å². The molecule has 1 aliphatic carbocycles. The lowest BCUT2D eigenvalue weighted by Gasteiger charge is -2.35. The zero-order chi connectivity index (χ0) is 29.7. The van der Waals surface area contributed by atoms with Gasteiger partial charge in [0.25, 0.3) is 5.91 Å². The number of fused-ring (bicyclic) bond motifs is 1. The molecule has 1 saturated carbocycles. The van der Waals surface area contributed by atoms with Crippen LogP contribution in [0.15, 0.2) is 66.7 Å². The molecule has 1 aliphatic rings. The molecular formula is C32H39N3O5S. The van der Waals surface area contributed by atoms with Crippen LogP contribution in [-0.2, 0) is 14.3 Å². The summed E-state index contributed by atoms with van der Waals surface area (Å²) in [4.78, 5) is 42.8. The highest BCUT2D eigenvalue weighted by Gasteiger charge is 2.48. The molecule has 4 rings (SSSR count). The van der Waals surface area contributed by atoms with Crippen LogP contribution in [0.4, 0.5) is 10.5 Å². The summed E-state index contributed by atoms with van der Waals surface area (Å²) in [6.45, 7) is 7.34. The molecule has 9 heteroatoms. The predicted molar refractivity (Wildman–Crippen MR) is 164 cm³/mol. The van der Waals surface area contributed by atoms with Crippen LogP contribution in [-0.4, -0.2) is 57.6 Å². The van der Waals surface area contributed by atoms with Gasteiger partial charge in [-0.3, -0.25) is 9.59 Å². The number of carbonyl (C=O) groups excluding carboxylic acids is 3. The number of aromatic hydroxyl groups is 1. The number of amides is 3. The maximum absolute atomic E-state index is 14.3. The minimum atomic E-state index is -0.985. The van der Waals surface area contributed by atoms with Crippen molar-refractivity contribution in [3.05, 3.63) is 72.3 Å². The Morgan fingerprint density at radius 1 is 1.05 bits per heavy atom. The zero-order valence-electron chi connectivity index (χ0n) is 24.2. The highest BCUT2D eigenvalue weighted by Crippen LogP contribution is 2.41. The summed E-state index contributed by atoms with van der Waals surface area (Å²) in [6, 6.07) is 17.8. The van der Waals surface area contributed by atoms with Crippen molar-refractivity contribution in [2.45, 2.75) is 64.3 Å². The molecule has 218 valence electrons. The van der Waals surface area contributed by atoms with Gasteiger partial charge in [0.2, 0.25) is 5.91 Å². The Morgan fingerprint density at radius 2 is 1.71 bits per heavy atom. The summed E-state index contributed by atoms with van der Waals surface area (Å²) in [7, 11) is 0. The molecule has 0 bridgehead atoms. The molecule has 4 unspecified atom stereocenters. The largest absolute Gasteiger partial charge is 0.508 e. The van der Waals surface area contributed by atoms with E-state index in [2.05, 4.69) is 10.6 Å². The number of anilines is 1. The Labute approximate surface area is 245 Å². The third-order valence-electron chi connectivity index (χ3n) is 7.03. The Kier molecular flexibility index (Phi) is 9.48. The van der Waals surface area contributed by atoms with Gasteiger partial charge in [-0.15, -0.1) is 0 Å². The third-order valence-corrected chi connectivity index (χ3v) is 7.67. The fourth-order valence-corrected chi connectivity index (χ4v) is 5.34. The van der Waals surface area contributed by atoms with Crippen LogP contribution in [0.2, 0.25) is 0 Å². The van der Waals surface area contributed by atoms with Crippen LogP contribution >= 0.6 is 11.8 Å². The maximum Gasteiger partial charge on any atom is 0.408 e. The van der Waals surface area contributed by atoms with E-state index < -0.39 is 23.8 Å². The summed E-state index contributed by atoms with van der Waals surface area (Å²) in [5.41, 5.74) is 0.449. The van der Waals surface area contributed by atoms with Crippen LogP contribution in [0.5, 0.6) is 5.75 Å². The summed E-state index contributed by atoms with van der Waals surface area (Å²) in [5.74, 6) is 0.164. The number of hydrogen-bond donors (Lipinski definition) is 3. The smallest absolute Gasteiger partial charge is 0.408 e. The summed E-state index contributed by atoms with van der Waals surface area (Å²) < 4.78 is 5.46. The van der Waals surface area contributed by atoms with E-state index in [1.54, 1.807) is 49.6 Å². The van der Waals surface area contributed by atoms with E-state index in [0.29, 0.717) is 23.4 Å². The van der Waals surface area contributed by atoms with E-state index in [1.807, 2.05) is 55.6 Å². The van der Waals surface area contributed by atoms with Crippen molar-refractivity contribution in [1.29, 1.82) is 0 Å². The van der Waals surface area contributed by atoms with Crippen LogP contribution < -0.4 is 10.6 Å². The Hall–Kier alpha value is -3.72. The number of alkyl carbamates (subject to hydrolysis) is 1. The van der Waals surface area contributed by atoms with Gasteiger partial charge in [0.1, 0.15) is 23.4 Å². The number of nitrogens with zero attached hydrogens (tertiary/aromatic N) is 1. The monoisotopic (exact) mass is 577 g/mol. The average molecular weight is 578 g/mol. The minimum absolute atomic E-state index is 0.0598. The molecule has 8 nitrogen and oxygen atoms in total. The zero-order valence-corrected chi connectivity index (χ0v) is 25.0. The third kappa shape index (κ3) is 7.94. The quantitative estimate of drug-likeness (QED) is 0.268. The number of hydrogen-bond acceptors (Lipinski definition) is 6. The summed E-state index contributed by atoms with van der Waals surface area (Å²) in [5, 5.41) is 17.8. The number of phenols is 1. The first-order valence-corrected chi connectivity index (χ1v) is 15.3. The minimum Gasteiger partial charge on any atom is -0.508 e. The van der Waals surface area contributed by atoms with E-state index in [4.69, 9.17) is 4.74 Å². The first-order valence-electron chi connectivity index (χ1n) is 13.9. The fraction of sp³-hybridized carbons (Fsp3) is 0.406. The lowest BCUT2D eigenvalue weighted by atomic mass is 10.0. The van der Waals surface area contributed by atoms with Crippen LogP contribution in [0.3, 0.4) is 0 Å². The molecule has 3 aromatic carbocycles. The van der Waals surface area contributed by atoms with Crippen molar-refractivity contribution < 1.29 is 24.2 Å². The molecule has 1 fully saturated rings. The molecular weight excluding hydrogens is 538 g/mol. The van der Waals surface area contributed by atoms with Crippen molar-refractivity contribution >= 4 is 46.1 Å². The van der Waals surface area contributed by atoms with Gasteiger partial charge in [-0.25, -0.2) is 4.79 Å². The standard InChI is InChI=1S/C32H39N3O5S/c1-20-18-27(20)35(30(38)26(16-17-41-5)34-31(39)40-32(2,3)4)28(22-11-14-25(36)15-12-22)29(37)33-24-13-10-21-8-6-7-9-23(21)19-24/h6-15,19-20,26-28,36H,16-18H2,1-5H3,(H,33,37)(H,34,39). The van der Waals surface area contributed by atoms with Gasteiger partial charge < -0.3 is 25.4 Å². The Bertz CT molecular complexity index is 1390. The van der Waals surface area contributed by atoms with Crippen molar-refractivity contribution in [2.75, 3.05) is 17.3 Å². The first kappa shape index (κ1) is 30.2. The number of carbonyl (C=O) groups is 3. The van der Waals surface area contributed by atoms with Crippen molar-refractivity contribution in [1.82, 2.24) is 10.2 Å². The summed E-state index contributed by atoms with van der Waals surface area (Å²) in [6.07, 6.45) is 2.38. The fourth-order valence-electron chi connectivity index (χ4n) is 4.87. The molecule has 0 aliphatic heterocycles. The molecule has 4 atom stereocenters. The number of rotatable bonds is 10. The van der Waals surface area contributed by atoms with Gasteiger partial charge >= 0.3 is 6.09 Å². The molecule has 3 amide bonds. The van der Waals surface area contributed by atoms with Gasteiger partial charge in [0.05, 0.1) is 0 Å².